The van der Waals surface area contributed by atoms with E-state index in [4.69, 9.17) is 0 Å². The van der Waals surface area contributed by atoms with Crippen LogP contribution in [0.25, 0.3) is 0 Å². The SMILES string of the molecule is CCC1C=C2CN(CC)CCN2N1C. The Morgan fingerprint density at radius 1 is 1.36 bits per heavy atom. The molecule has 0 spiro atoms. The maximum atomic E-state index is 2.51. The molecule has 0 aromatic carbocycles. The molecule has 0 amide bonds. The summed E-state index contributed by atoms with van der Waals surface area (Å²) in [5, 5.41) is 4.84. The highest BCUT2D eigenvalue weighted by Gasteiger charge is 2.31. The largest absolute Gasteiger partial charge is 0.307 e. The van der Waals surface area contributed by atoms with E-state index in [-0.39, 0.29) is 0 Å². The number of fused-ring (bicyclic) bond motifs is 1. The average Bonchev–Trinajstić information content (AvgIpc) is 2.55. The molecule has 0 aromatic heterocycles. The molecule has 0 saturated carbocycles. The molecule has 0 aliphatic carbocycles. The zero-order valence-electron chi connectivity index (χ0n) is 9.53. The standard InChI is InChI=1S/C11H21N3/c1-4-10-8-11-9-13(5-2)6-7-14(11)12(10)3/h8,10H,4-7,9H2,1-3H3. The molecule has 2 aliphatic heterocycles. The number of likely N-dealkylation sites (N-methyl/N-ethyl adjacent to an activating group) is 2. The van der Waals surface area contributed by atoms with Gasteiger partial charge in [-0.3, -0.25) is 4.90 Å². The number of hydrazine groups is 1. The van der Waals surface area contributed by atoms with E-state index in [1.165, 1.54) is 25.2 Å². The van der Waals surface area contributed by atoms with Gasteiger partial charge in [0, 0.05) is 38.4 Å². The van der Waals surface area contributed by atoms with Crippen molar-refractivity contribution < 1.29 is 0 Å². The smallest absolute Gasteiger partial charge is 0.0488 e. The highest BCUT2D eigenvalue weighted by molar-refractivity contribution is 5.15. The molecule has 14 heavy (non-hydrogen) atoms. The second-order valence-electron chi connectivity index (χ2n) is 4.20. The Labute approximate surface area is 86.9 Å². The van der Waals surface area contributed by atoms with Crippen LogP contribution in [0.2, 0.25) is 0 Å². The molecule has 3 nitrogen and oxygen atoms in total. The molecule has 0 N–H and O–H groups in total. The van der Waals surface area contributed by atoms with Crippen molar-refractivity contribution in [2.24, 2.45) is 0 Å². The van der Waals surface area contributed by atoms with Crippen LogP contribution in [0.4, 0.5) is 0 Å². The molecule has 1 fully saturated rings. The summed E-state index contributed by atoms with van der Waals surface area (Å²) in [5.74, 6) is 0. The molecule has 2 rings (SSSR count). The maximum absolute atomic E-state index is 2.51. The van der Waals surface area contributed by atoms with Gasteiger partial charge in [0.15, 0.2) is 0 Å². The predicted octanol–water partition coefficient (Wildman–Crippen LogP) is 1.15. The Balaban J connectivity index is 2.07. The predicted molar refractivity (Wildman–Crippen MR) is 58.7 cm³/mol. The van der Waals surface area contributed by atoms with Gasteiger partial charge in [-0.15, -0.1) is 0 Å². The summed E-state index contributed by atoms with van der Waals surface area (Å²) < 4.78 is 0. The van der Waals surface area contributed by atoms with Gasteiger partial charge in [-0.05, 0) is 19.0 Å². The third-order valence-electron chi connectivity index (χ3n) is 3.46. The van der Waals surface area contributed by atoms with Crippen molar-refractivity contribution in [3.63, 3.8) is 0 Å². The van der Waals surface area contributed by atoms with Crippen molar-refractivity contribution in [2.75, 3.05) is 33.2 Å². The van der Waals surface area contributed by atoms with Crippen LogP contribution in [0, 0.1) is 0 Å². The van der Waals surface area contributed by atoms with Gasteiger partial charge in [0.25, 0.3) is 0 Å². The molecule has 1 saturated heterocycles. The molecule has 80 valence electrons. The van der Waals surface area contributed by atoms with Crippen molar-refractivity contribution in [2.45, 2.75) is 26.3 Å². The molecule has 2 aliphatic rings. The zero-order valence-corrected chi connectivity index (χ0v) is 9.53. The number of hydrogen-bond donors (Lipinski definition) is 0. The first-order chi connectivity index (χ1) is 6.76. The van der Waals surface area contributed by atoms with E-state index in [1.807, 2.05) is 0 Å². The summed E-state index contributed by atoms with van der Waals surface area (Å²) in [6, 6.07) is 0.627. The van der Waals surface area contributed by atoms with Gasteiger partial charge in [-0.1, -0.05) is 13.8 Å². The highest BCUT2D eigenvalue weighted by Crippen LogP contribution is 2.25. The third kappa shape index (κ3) is 1.55. The summed E-state index contributed by atoms with van der Waals surface area (Å²) >= 11 is 0. The summed E-state index contributed by atoms with van der Waals surface area (Å²) in [6.45, 7) is 9.17. The molecular weight excluding hydrogens is 174 g/mol. The third-order valence-corrected chi connectivity index (χ3v) is 3.46. The van der Waals surface area contributed by atoms with Crippen LogP contribution in [-0.4, -0.2) is 54.2 Å². The van der Waals surface area contributed by atoms with E-state index < -0.39 is 0 Å². The van der Waals surface area contributed by atoms with Crippen LogP contribution in [0.15, 0.2) is 11.8 Å². The van der Waals surface area contributed by atoms with Crippen LogP contribution < -0.4 is 0 Å². The fraction of sp³-hybridized carbons (Fsp3) is 0.818. The minimum atomic E-state index is 0.627. The van der Waals surface area contributed by atoms with Crippen molar-refractivity contribution >= 4 is 0 Å². The quantitative estimate of drug-likeness (QED) is 0.654. The van der Waals surface area contributed by atoms with Crippen molar-refractivity contribution in [3.8, 4) is 0 Å². The van der Waals surface area contributed by atoms with Crippen LogP contribution in [0.3, 0.4) is 0 Å². The van der Waals surface area contributed by atoms with E-state index in [0.29, 0.717) is 6.04 Å². The van der Waals surface area contributed by atoms with Crippen molar-refractivity contribution in [3.05, 3.63) is 11.8 Å². The number of rotatable bonds is 2. The van der Waals surface area contributed by atoms with Gasteiger partial charge in [-0.25, -0.2) is 5.01 Å². The Morgan fingerprint density at radius 3 is 2.79 bits per heavy atom. The lowest BCUT2D eigenvalue weighted by atomic mass is 10.2. The lowest BCUT2D eigenvalue weighted by Crippen LogP contribution is -2.49. The Bertz CT molecular complexity index is 237. The van der Waals surface area contributed by atoms with Crippen LogP contribution in [0.1, 0.15) is 20.3 Å². The van der Waals surface area contributed by atoms with E-state index >= 15 is 0 Å². The monoisotopic (exact) mass is 195 g/mol. The van der Waals surface area contributed by atoms with Crippen molar-refractivity contribution in [1.29, 1.82) is 0 Å². The maximum Gasteiger partial charge on any atom is 0.0488 e. The summed E-state index contributed by atoms with van der Waals surface area (Å²) in [4.78, 5) is 2.51. The van der Waals surface area contributed by atoms with Gasteiger partial charge in [0.2, 0.25) is 0 Å². The topological polar surface area (TPSA) is 9.72 Å². The van der Waals surface area contributed by atoms with Crippen LogP contribution in [0.5, 0.6) is 0 Å². The molecule has 2 heterocycles. The number of nitrogens with zero attached hydrogens (tertiary/aromatic N) is 3. The van der Waals surface area contributed by atoms with Gasteiger partial charge in [0.1, 0.15) is 0 Å². The highest BCUT2D eigenvalue weighted by atomic mass is 15.7. The van der Waals surface area contributed by atoms with Gasteiger partial charge < -0.3 is 5.01 Å². The second kappa shape index (κ2) is 3.91. The summed E-state index contributed by atoms with van der Waals surface area (Å²) in [5.41, 5.74) is 1.51. The Morgan fingerprint density at radius 2 is 2.14 bits per heavy atom. The molecule has 0 radical (unpaired) electrons. The lowest BCUT2D eigenvalue weighted by molar-refractivity contribution is 0.00210. The van der Waals surface area contributed by atoms with Crippen LogP contribution >= 0.6 is 0 Å². The number of hydrogen-bond acceptors (Lipinski definition) is 3. The van der Waals surface area contributed by atoms with E-state index in [9.17, 15) is 0 Å². The normalized spacial score (nSPS) is 29.2. The fourth-order valence-corrected chi connectivity index (χ4v) is 2.43. The first-order valence-electron chi connectivity index (χ1n) is 5.69. The molecular formula is C11H21N3. The van der Waals surface area contributed by atoms with E-state index in [0.717, 1.165) is 13.1 Å². The second-order valence-corrected chi connectivity index (χ2v) is 4.20. The summed E-state index contributed by atoms with van der Waals surface area (Å²) in [7, 11) is 2.21. The zero-order chi connectivity index (χ0) is 10.1. The molecule has 3 heteroatoms. The van der Waals surface area contributed by atoms with Crippen LogP contribution in [-0.2, 0) is 0 Å². The summed E-state index contributed by atoms with van der Waals surface area (Å²) in [6.07, 6.45) is 3.64. The van der Waals surface area contributed by atoms with Gasteiger partial charge >= 0.3 is 0 Å². The van der Waals surface area contributed by atoms with Crippen molar-refractivity contribution in [1.82, 2.24) is 14.9 Å². The Kier molecular flexibility index (Phi) is 2.79. The van der Waals surface area contributed by atoms with E-state index in [1.54, 1.807) is 0 Å². The molecule has 0 bridgehead atoms. The molecule has 0 aromatic rings. The fourth-order valence-electron chi connectivity index (χ4n) is 2.43. The minimum Gasteiger partial charge on any atom is -0.307 e. The molecule has 1 unspecified atom stereocenters. The first kappa shape index (κ1) is 9.99. The average molecular weight is 195 g/mol. The van der Waals surface area contributed by atoms with Gasteiger partial charge in [-0.2, -0.15) is 0 Å². The van der Waals surface area contributed by atoms with E-state index in [2.05, 4.69) is 41.9 Å². The Hall–Kier alpha value is -0.540. The minimum absolute atomic E-state index is 0.627. The van der Waals surface area contributed by atoms with Gasteiger partial charge in [0.05, 0.1) is 0 Å². The number of piperazine rings is 1. The first-order valence-corrected chi connectivity index (χ1v) is 5.69. The lowest BCUT2D eigenvalue weighted by Gasteiger charge is -2.39. The molecule has 1 atom stereocenters.